The second-order valence-electron chi connectivity index (χ2n) is 5.65. The molecule has 0 atom stereocenters. The van der Waals surface area contributed by atoms with Crippen LogP contribution in [0, 0.1) is 0 Å². The van der Waals surface area contributed by atoms with Gasteiger partial charge in [-0.15, -0.1) is 11.3 Å². The summed E-state index contributed by atoms with van der Waals surface area (Å²) in [6.07, 6.45) is 1.54. The fourth-order valence-electron chi connectivity index (χ4n) is 2.64. The van der Waals surface area contributed by atoms with Gasteiger partial charge in [0.25, 0.3) is 0 Å². The summed E-state index contributed by atoms with van der Waals surface area (Å²) in [5.74, 6) is -0.360. The number of esters is 1. The Morgan fingerprint density at radius 2 is 1.96 bits per heavy atom. The van der Waals surface area contributed by atoms with Crippen molar-refractivity contribution >= 4 is 45.6 Å². The minimum atomic E-state index is -0.600. The van der Waals surface area contributed by atoms with E-state index in [1.54, 1.807) is 42.5 Å². The number of thiophene rings is 1. The second-order valence-corrected chi connectivity index (χ2v) is 7.37. The molecule has 0 aliphatic rings. The molecule has 0 aliphatic carbocycles. The van der Waals surface area contributed by atoms with Crippen LogP contribution in [0.4, 0.5) is 0 Å². The van der Waals surface area contributed by atoms with Crippen molar-refractivity contribution in [3.8, 4) is 11.5 Å². The van der Waals surface area contributed by atoms with Crippen LogP contribution in [-0.2, 0) is 4.74 Å². The first-order valence-electron chi connectivity index (χ1n) is 8.01. The first-order valence-corrected chi connectivity index (χ1v) is 9.20. The molecule has 0 bridgehead atoms. The number of aromatic nitrogens is 1. The summed E-state index contributed by atoms with van der Waals surface area (Å²) in [5.41, 5.74) is 1.47. The van der Waals surface area contributed by atoms with Gasteiger partial charge in [-0.1, -0.05) is 29.8 Å². The third kappa shape index (κ3) is 3.63. The van der Waals surface area contributed by atoms with Gasteiger partial charge in [0.15, 0.2) is 12.4 Å². The molecule has 134 valence electrons. The van der Waals surface area contributed by atoms with Gasteiger partial charge in [-0.25, -0.2) is 9.78 Å². The number of carbonyl (C=O) groups excluding carboxylic acids is 2. The van der Waals surface area contributed by atoms with Crippen molar-refractivity contribution in [2.45, 2.75) is 0 Å². The minimum Gasteiger partial charge on any atom is -0.463 e. The molecule has 1 aromatic carbocycles. The molecule has 4 aromatic rings. The van der Waals surface area contributed by atoms with Gasteiger partial charge in [0.05, 0.1) is 26.6 Å². The van der Waals surface area contributed by atoms with E-state index in [1.807, 2.05) is 12.1 Å². The lowest BCUT2D eigenvalue weighted by Crippen LogP contribution is -2.14. The van der Waals surface area contributed by atoms with Crippen molar-refractivity contribution in [1.29, 1.82) is 0 Å². The van der Waals surface area contributed by atoms with Crippen molar-refractivity contribution in [3.63, 3.8) is 0 Å². The Hall–Kier alpha value is -2.96. The van der Waals surface area contributed by atoms with Crippen LogP contribution in [0.15, 0.2) is 65.3 Å². The van der Waals surface area contributed by atoms with Gasteiger partial charge in [0.1, 0.15) is 5.69 Å². The van der Waals surface area contributed by atoms with Crippen LogP contribution in [0.5, 0.6) is 0 Å². The Kier molecular flexibility index (Phi) is 4.75. The van der Waals surface area contributed by atoms with Crippen molar-refractivity contribution in [2.24, 2.45) is 0 Å². The average molecular weight is 398 g/mol. The first kappa shape index (κ1) is 17.5. The summed E-state index contributed by atoms with van der Waals surface area (Å²) < 4.78 is 11.1. The number of rotatable bonds is 5. The Labute approximate surface area is 163 Å². The zero-order valence-corrected chi connectivity index (χ0v) is 15.4. The molecule has 0 N–H and O–H groups in total. The number of hydrogen-bond acceptors (Lipinski definition) is 6. The molecular weight excluding hydrogens is 386 g/mol. The number of hydrogen-bond donors (Lipinski definition) is 0. The Balaban J connectivity index is 1.63. The van der Waals surface area contributed by atoms with Crippen molar-refractivity contribution < 1.29 is 18.7 Å². The number of furan rings is 1. The van der Waals surface area contributed by atoms with Gasteiger partial charge < -0.3 is 9.15 Å². The molecule has 3 aromatic heterocycles. The highest BCUT2D eigenvalue weighted by Crippen LogP contribution is 2.26. The maximum absolute atomic E-state index is 12.7. The summed E-state index contributed by atoms with van der Waals surface area (Å²) in [7, 11) is 0. The van der Waals surface area contributed by atoms with Crippen LogP contribution in [-0.4, -0.2) is 23.3 Å². The number of ether oxygens (including phenoxy) is 1. The number of benzene rings is 1. The van der Waals surface area contributed by atoms with Crippen LogP contribution in [0.3, 0.4) is 0 Å². The third-order valence-electron chi connectivity index (χ3n) is 3.89. The number of nitrogens with zero attached hydrogens (tertiary/aromatic N) is 1. The van der Waals surface area contributed by atoms with E-state index < -0.39 is 5.97 Å². The predicted octanol–water partition coefficient (Wildman–Crippen LogP) is 5.25. The fraction of sp³-hybridized carbons (Fsp3) is 0.0500. The molecule has 27 heavy (non-hydrogen) atoms. The summed E-state index contributed by atoms with van der Waals surface area (Å²) in [6.45, 7) is -0.359. The first-order chi connectivity index (χ1) is 13.1. The van der Waals surface area contributed by atoms with Crippen LogP contribution in [0.25, 0.3) is 22.4 Å². The Morgan fingerprint density at radius 3 is 2.70 bits per heavy atom. The lowest BCUT2D eigenvalue weighted by atomic mass is 10.1. The monoisotopic (exact) mass is 397 g/mol. The molecule has 7 heteroatoms. The molecule has 0 unspecified atom stereocenters. The zero-order chi connectivity index (χ0) is 18.8. The average Bonchev–Trinajstić information content (AvgIpc) is 3.37. The van der Waals surface area contributed by atoms with E-state index in [-0.39, 0.29) is 12.4 Å². The quantitative estimate of drug-likeness (QED) is 0.340. The van der Waals surface area contributed by atoms with Gasteiger partial charge in [-0.3, -0.25) is 4.79 Å². The largest absolute Gasteiger partial charge is 0.463 e. The number of carbonyl (C=O) groups is 2. The maximum atomic E-state index is 12.7. The minimum absolute atomic E-state index is 0.301. The molecule has 0 fully saturated rings. The molecule has 0 spiro atoms. The number of para-hydroxylation sites is 1. The van der Waals surface area contributed by atoms with E-state index >= 15 is 0 Å². The standard InChI is InChI=1S/C20H12ClNO4S/c21-19-8-7-18(27-19)16(23)11-26-20(24)13-10-15(17-6-3-9-25-17)22-14-5-2-1-4-12(13)14/h1-10H,11H2. The van der Waals surface area contributed by atoms with Crippen LogP contribution in [0.1, 0.15) is 20.0 Å². The van der Waals surface area contributed by atoms with E-state index in [4.69, 9.17) is 20.8 Å². The smallest absolute Gasteiger partial charge is 0.339 e. The molecule has 0 radical (unpaired) electrons. The molecule has 3 heterocycles. The topological polar surface area (TPSA) is 69.4 Å². The summed E-state index contributed by atoms with van der Waals surface area (Å²) in [5, 5.41) is 0.643. The van der Waals surface area contributed by atoms with Crippen molar-refractivity contribution in [2.75, 3.05) is 6.61 Å². The maximum Gasteiger partial charge on any atom is 0.339 e. The SMILES string of the molecule is O=C(COC(=O)c1cc(-c2ccco2)nc2ccccc12)c1ccc(Cl)s1. The van der Waals surface area contributed by atoms with E-state index in [0.29, 0.717) is 37.1 Å². The molecule has 0 saturated carbocycles. The molecule has 0 aliphatic heterocycles. The van der Waals surface area contributed by atoms with Crippen LogP contribution < -0.4 is 0 Å². The van der Waals surface area contributed by atoms with E-state index in [2.05, 4.69) is 4.98 Å². The molecular formula is C20H12ClNO4S. The van der Waals surface area contributed by atoms with Gasteiger partial charge in [-0.2, -0.15) is 0 Å². The van der Waals surface area contributed by atoms with E-state index in [1.165, 1.54) is 6.26 Å². The van der Waals surface area contributed by atoms with Gasteiger partial charge in [0.2, 0.25) is 5.78 Å². The summed E-state index contributed by atoms with van der Waals surface area (Å²) >= 11 is 6.99. The third-order valence-corrected chi connectivity index (χ3v) is 5.16. The van der Waals surface area contributed by atoms with Gasteiger partial charge in [-0.05, 0) is 36.4 Å². The number of halogens is 1. The number of ketones is 1. The molecule has 4 rings (SSSR count). The number of fused-ring (bicyclic) bond motifs is 1. The highest BCUT2D eigenvalue weighted by Gasteiger charge is 2.18. The normalized spacial score (nSPS) is 10.9. The van der Waals surface area contributed by atoms with Gasteiger partial charge >= 0.3 is 5.97 Å². The molecule has 5 nitrogen and oxygen atoms in total. The second kappa shape index (κ2) is 7.34. The Bertz CT molecular complexity index is 1130. The van der Waals surface area contributed by atoms with E-state index in [9.17, 15) is 9.59 Å². The zero-order valence-electron chi connectivity index (χ0n) is 13.8. The predicted molar refractivity (Wildman–Crippen MR) is 103 cm³/mol. The summed E-state index contributed by atoms with van der Waals surface area (Å²) in [4.78, 5) is 29.8. The number of Topliss-reactive ketones (excluding diaryl/α,β-unsaturated/α-hetero) is 1. The van der Waals surface area contributed by atoms with Crippen molar-refractivity contribution in [3.05, 3.63) is 75.6 Å². The lowest BCUT2D eigenvalue weighted by molar-refractivity contribution is 0.0478. The van der Waals surface area contributed by atoms with Crippen LogP contribution >= 0.6 is 22.9 Å². The van der Waals surface area contributed by atoms with Gasteiger partial charge in [0, 0.05) is 5.39 Å². The highest BCUT2D eigenvalue weighted by atomic mass is 35.5. The van der Waals surface area contributed by atoms with Crippen molar-refractivity contribution in [1.82, 2.24) is 4.98 Å². The molecule has 0 amide bonds. The fourth-order valence-corrected chi connectivity index (χ4v) is 3.61. The Morgan fingerprint density at radius 1 is 1.11 bits per heavy atom. The lowest BCUT2D eigenvalue weighted by Gasteiger charge is -2.08. The molecule has 0 saturated heterocycles. The number of pyridine rings is 1. The summed E-state index contributed by atoms with van der Waals surface area (Å²) in [6, 6.07) is 15.6. The highest BCUT2D eigenvalue weighted by molar-refractivity contribution is 7.18. The van der Waals surface area contributed by atoms with Crippen LogP contribution in [0.2, 0.25) is 4.34 Å². The van der Waals surface area contributed by atoms with E-state index in [0.717, 1.165) is 11.3 Å².